The highest BCUT2D eigenvalue weighted by molar-refractivity contribution is 4.76. The molecule has 0 bridgehead atoms. The van der Waals surface area contributed by atoms with Crippen LogP contribution < -0.4 is 5.73 Å². The van der Waals surface area contributed by atoms with Crippen LogP contribution in [0.25, 0.3) is 0 Å². The molecular weight excluding hydrogens is 192 g/mol. The maximum Gasteiger partial charge on any atom is 0.0828 e. The standard InChI is InChI=1S/C11H24N2O2/c1-3-14-6-4-5-13-8-10(2)15-11(7-12)9-13/h10-11H,3-9,12H2,1-2H3. The van der Waals surface area contributed by atoms with Gasteiger partial charge in [0.25, 0.3) is 0 Å². The lowest BCUT2D eigenvalue weighted by molar-refractivity contribution is -0.0732. The molecule has 2 N–H and O–H groups in total. The highest BCUT2D eigenvalue weighted by Gasteiger charge is 2.23. The van der Waals surface area contributed by atoms with Gasteiger partial charge in [0.1, 0.15) is 0 Å². The maximum atomic E-state index is 5.70. The zero-order valence-corrected chi connectivity index (χ0v) is 9.95. The summed E-state index contributed by atoms with van der Waals surface area (Å²) in [6.07, 6.45) is 1.61. The molecule has 1 heterocycles. The number of rotatable bonds is 6. The Morgan fingerprint density at radius 3 is 2.93 bits per heavy atom. The molecule has 0 radical (unpaired) electrons. The molecule has 1 rings (SSSR count). The number of nitrogens with zero attached hydrogens (tertiary/aromatic N) is 1. The average molecular weight is 216 g/mol. The predicted octanol–water partition coefficient (Wildman–Crippen LogP) is 0.461. The molecular formula is C11H24N2O2. The Morgan fingerprint density at radius 2 is 2.27 bits per heavy atom. The van der Waals surface area contributed by atoms with Crippen LogP contribution in [0.15, 0.2) is 0 Å². The van der Waals surface area contributed by atoms with E-state index in [4.69, 9.17) is 15.2 Å². The highest BCUT2D eigenvalue weighted by atomic mass is 16.5. The first kappa shape index (κ1) is 12.9. The summed E-state index contributed by atoms with van der Waals surface area (Å²) in [5.74, 6) is 0. The number of ether oxygens (including phenoxy) is 2. The molecule has 4 heteroatoms. The van der Waals surface area contributed by atoms with Gasteiger partial charge in [-0.15, -0.1) is 0 Å². The van der Waals surface area contributed by atoms with Crippen LogP contribution in [0.2, 0.25) is 0 Å². The fraction of sp³-hybridized carbons (Fsp3) is 1.00. The SMILES string of the molecule is CCOCCCN1CC(C)OC(CN)C1. The summed E-state index contributed by atoms with van der Waals surface area (Å²) in [5.41, 5.74) is 5.63. The molecule has 1 fully saturated rings. The number of morpholine rings is 1. The van der Waals surface area contributed by atoms with E-state index in [1.165, 1.54) is 0 Å². The van der Waals surface area contributed by atoms with E-state index in [1.54, 1.807) is 0 Å². The number of hydrogen-bond acceptors (Lipinski definition) is 4. The van der Waals surface area contributed by atoms with Crippen LogP contribution in [0.1, 0.15) is 20.3 Å². The molecule has 4 nitrogen and oxygen atoms in total. The second-order valence-corrected chi connectivity index (χ2v) is 4.11. The van der Waals surface area contributed by atoms with Crippen LogP contribution in [0, 0.1) is 0 Å². The minimum atomic E-state index is 0.209. The van der Waals surface area contributed by atoms with Crippen molar-refractivity contribution in [1.29, 1.82) is 0 Å². The monoisotopic (exact) mass is 216 g/mol. The predicted molar refractivity (Wildman–Crippen MR) is 60.9 cm³/mol. The molecule has 0 aromatic heterocycles. The Hall–Kier alpha value is -0.160. The third kappa shape index (κ3) is 4.93. The highest BCUT2D eigenvalue weighted by Crippen LogP contribution is 2.10. The molecule has 0 amide bonds. The van der Waals surface area contributed by atoms with Gasteiger partial charge in [0.15, 0.2) is 0 Å². The van der Waals surface area contributed by atoms with E-state index in [0.717, 1.165) is 39.3 Å². The van der Waals surface area contributed by atoms with Crippen molar-refractivity contribution in [3.05, 3.63) is 0 Å². The van der Waals surface area contributed by atoms with Crippen molar-refractivity contribution >= 4 is 0 Å². The fourth-order valence-electron chi connectivity index (χ4n) is 1.99. The van der Waals surface area contributed by atoms with Gasteiger partial charge in [-0.25, -0.2) is 0 Å². The van der Waals surface area contributed by atoms with Crippen LogP contribution in [0.3, 0.4) is 0 Å². The van der Waals surface area contributed by atoms with Crippen molar-refractivity contribution in [2.75, 3.05) is 39.4 Å². The van der Waals surface area contributed by atoms with Gasteiger partial charge in [-0.3, -0.25) is 4.90 Å². The van der Waals surface area contributed by atoms with Crippen LogP contribution in [0.4, 0.5) is 0 Å². The molecule has 0 aliphatic carbocycles. The maximum absolute atomic E-state index is 5.70. The van der Waals surface area contributed by atoms with E-state index in [9.17, 15) is 0 Å². The number of hydrogen-bond donors (Lipinski definition) is 1. The molecule has 2 atom stereocenters. The van der Waals surface area contributed by atoms with E-state index in [-0.39, 0.29) is 6.10 Å². The van der Waals surface area contributed by atoms with Gasteiger partial charge in [0, 0.05) is 39.4 Å². The van der Waals surface area contributed by atoms with Crippen LogP contribution in [0.5, 0.6) is 0 Å². The van der Waals surface area contributed by atoms with E-state index in [2.05, 4.69) is 11.8 Å². The van der Waals surface area contributed by atoms with Gasteiger partial charge in [-0.05, 0) is 20.3 Å². The Labute approximate surface area is 92.7 Å². The van der Waals surface area contributed by atoms with Gasteiger partial charge >= 0.3 is 0 Å². The summed E-state index contributed by atoms with van der Waals surface area (Å²) in [7, 11) is 0. The van der Waals surface area contributed by atoms with Crippen molar-refractivity contribution in [1.82, 2.24) is 4.90 Å². The van der Waals surface area contributed by atoms with Gasteiger partial charge in [-0.1, -0.05) is 0 Å². The zero-order valence-electron chi connectivity index (χ0n) is 9.95. The van der Waals surface area contributed by atoms with Gasteiger partial charge in [-0.2, -0.15) is 0 Å². The summed E-state index contributed by atoms with van der Waals surface area (Å²) >= 11 is 0. The molecule has 90 valence electrons. The summed E-state index contributed by atoms with van der Waals surface area (Å²) in [6, 6.07) is 0. The third-order valence-electron chi connectivity index (χ3n) is 2.63. The summed E-state index contributed by atoms with van der Waals surface area (Å²) < 4.78 is 11.0. The van der Waals surface area contributed by atoms with Crippen molar-refractivity contribution in [3.63, 3.8) is 0 Å². The summed E-state index contributed by atoms with van der Waals surface area (Å²) in [5, 5.41) is 0. The van der Waals surface area contributed by atoms with E-state index >= 15 is 0 Å². The van der Waals surface area contributed by atoms with Gasteiger partial charge in [0.05, 0.1) is 12.2 Å². The van der Waals surface area contributed by atoms with Crippen molar-refractivity contribution < 1.29 is 9.47 Å². The Bertz CT molecular complexity index is 167. The van der Waals surface area contributed by atoms with Gasteiger partial charge in [0.2, 0.25) is 0 Å². The van der Waals surface area contributed by atoms with Crippen molar-refractivity contribution in [2.45, 2.75) is 32.5 Å². The third-order valence-corrected chi connectivity index (χ3v) is 2.63. The summed E-state index contributed by atoms with van der Waals surface area (Å²) in [6.45, 7) is 9.49. The first-order valence-electron chi connectivity index (χ1n) is 5.91. The van der Waals surface area contributed by atoms with Crippen LogP contribution in [-0.2, 0) is 9.47 Å². The first-order chi connectivity index (χ1) is 7.26. The molecule has 2 unspecified atom stereocenters. The molecule has 1 aliphatic heterocycles. The van der Waals surface area contributed by atoms with Gasteiger partial charge < -0.3 is 15.2 Å². The lowest BCUT2D eigenvalue weighted by Gasteiger charge is -2.36. The zero-order chi connectivity index (χ0) is 11.1. The van der Waals surface area contributed by atoms with Crippen molar-refractivity contribution in [3.8, 4) is 0 Å². The Morgan fingerprint density at radius 1 is 1.47 bits per heavy atom. The molecule has 1 saturated heterocycles. The van der Waals surface area contributed by atoms with Crippen LogP contribution in [-0.4, -0.2) is 56.5 Å². The molecule has 0 aromatic carbocycles. The summed E-state index contributed by atoms with van der Waals surface area (Å²) in [4.78, 5) is 2.42. The Kier molecular flexibility index (Phi) is 6.17. The second kappa shape index (κ2) is 7.17. The quantitative estimate of drug-likeness (QED) is 0.655. The first-order valence-corrected chi connectivity index (χ1v) is 5.91. The molecule has 0 spiro atoms. The van der Waals surface area contributed by atoms with E-state index in [0.29, 0.717) is 12.6 Å². The lowest BCUT2D eigenvalue weighted by Crippen LogP contribution is -2.49. The van der Waals surface area contributed by atoms with Crippen LogP contribution >= 0.6 is 0 Å². The second-order valence-electron chi connectivity index (χ2n) is 4.11. The topological polar surface area (TPSA) is 47.7 Å². The normalized spacial score (nSPS) is 28.2. The molecule has 1 aliphatic rings. The Balaban J connectivity index is 2.16. The minimum absolute atomic E-state index is 0.209. The van der Waals surface area contributed by atoms with E-state index in [1.807, 2.05) is 6.92 Å². The van der Waals surface area contributed by atoms with Crippen molar-refractivity contribution in [2.24, 2.45) is 5.73 Å². The smallest absolute Gasteiger partial charge is 0.0828 e. The minimum Gasteiger partial charge on any atom is -0.382 e. The largest absolute Gasteiger partial charge is 0.382 e. The van der Waals surface area contributed by atoms with E-state index < -0.39 is 0 Å². The molecule has 15 heavy (non-hydrogen) atoms. The lowest BCUT2D eigenvalue weighted by atomic mass is 10.2. The fourth-order valence-corrected chi connectivity index (χ4v) is 1.99. The number of nitrogens with two attached hydrogens (primary N) is 1. The average Bonchev–Trinajstić information content (AvgIpc) is 2.23. The molecule has 0 aromatic rings. The molecule has 0 saturated carbocycles.